The van der Waals surface area contributed by atoms with E-state index < -0.39 is 34.8 Å². The molecule has 1 atom stereocenters. The van der Waals surface area contributed by atoms with E-state index in [0.717, 1.165) is 0 Å². The van der Waals surface area contributed by atoms with Gasteiger partial charge in [0.2, 0.25) is 5.91 Å². The number of pyridine rings is 1. The molecule has 180 valence electrons. The second-order valence-electron chi connectivity index (χ2n) is 8.50. The maximum Gasteiger partial charge on any atom is 0.329 e. The molecule has 2 amide bonds. The van der Waals surface area contributed by atoms with Crippen molar-refractivity contribution in [1.82, 2.24) is 19.9 Å². The third-order valence-electron chi connectivity index (χ3n) is 5.56. The molecule has 0 saturated carbocycles. The van der Waals surface area contributed by atoms with Crippen LogP contribution in [0.4, 0.5) is 4.39 Å². The molecule has 0 spiro atoms. The van der Waals surface area contributed by atoms with E-state index in [1.165, 1.54) is 22.8 Å². The van der Waals surface area contributed by atoms with E-state index in [4.69, 9.17) is 5.73 Å². The number of nitrogens with one attached hydrogen (secondary N) is 2. The summed E-state index contributed by atoms with van der Waals surface area (Å²) in [6.45, 7) is 5.89. The predicted octanol–water partition coefficient (Wildman–Crippen LogP) is 1.83. The second kappa shape index (κ2) is 10.4. The van der Waals surface area contributed by atoms with Gasteiger partial charge in [-0.2, -0.15) is 0 Å². The van der Waals surface area contributed by atoms with E-state index in [2.05, 4.69) is 15.3 Å². The minimum atomic E-state index is -0.747. The van der Waals surface area contributed by atoms with Crippen molar-refractivity contribution in [3.8, 4) is 0 Å². The van der Waals surface area contributed by atoms with Gasteiger partial charge in [-0.05, 0) is 42.5 Å². The van der Waals surface area contributed by atoms with Crippen LogP contribution in [0.5, 0.6) is 0 Å². The lowest BCUT2D eigenvalue weighted by atomic mass is 9.98. The lowest BCUT2D eigenvalue weighted by Crippen LogP contribution is -2.38. The molecular weight excluding hydrogens is 441 g/mol. The Morgan fingerprint density at radius 1 is 1.21 bits per heavy atom. The van der Waals surface area contributed by atoms with Crippen LogP contribution in [0.2, 0.25) is 0 Å². The van der Waals surface area contributed by atoms with Gasteiger partial charge in [0.1, 0.15) is 5.82 Å². The number of fused-ring (bicyclic) bond motifs is 1. The third-order valence-corrected chi connectivity index (χ3v) is 5.56. The molecule has 4 N–H and O–H groups in total. The van der Waals surface area contributed by atoms with Crippen molar-refractivity contribution < 1.29 is 14.0 Å². The topological polar surface area (TPSA) is 140 Å². The van der Waals surface area contributed by atoms with Gasteiger partial charge in [-0.25, -0.2) is 14.2 Å². The fraction of sp³-hybridized carbons (Fsp3) is 0.375. The molecule has 3 aromatic rings. The zero-order valence-corrected chi connectivity index (χ0v) is 19.4. The summed E-state index contributed by atoms with van der Waals surface area (Å²) in [6, 6.07) is 7.18. The summed E-state index contributed by atoms with van der Waals surface area (Å²) < 4.78 is 14.5. The van der Waals surface area contributed by atoms with Gasteiger partial charge in [-0.3, -0.25) is 23.9 Å². The first-order chi connectivity index (χ1) is 16.1. The Kier molecular flexibility index (Phi) is 7.60. The minimum Gasteiger partial charge on any atom is -0.369 e. The highest BCUT2D eigenvalue weighted by molar-refractivity contribution is 6.05. The maximum atomic E-state index is 13.2. The first-order valence-electron chi connectivity index (χ1n) is 11.1. The zero-order chi connectivity index (χ0) is 25.0. The molecule has 0 saturated heterocycles. The van der Waals surface area contributed by atoms with Crippen LogP contribution in [0.3, 0.4) is 0 Å². The lowest BCUT2D eigenvalue weighted by Gasteiger charge is -2.17. The molecule has 0 aliphatic heterocycles. The van der Waals surface area contributed by atoms with Gasteiger partial charge in [0.15, 0.2) is 5.65 Å². The van der Waals surface area contributed by atoms with Crippen molar-refractivity contribution in [2.75, 3.05) is 6.54 Å². The number of aromatic nitrogens is 3. The Labute approximate surface area is 195 Å². The number of hydrogen-bond acceptors (Lipinski definition) is 5. The molecule has 10 heteroatoms. The number of nitrogens with zero attached hydrogens (tertiary/aromatic N) is 2. The van der Waals surface area contributed by atoms with Gasteiger partial charge >= 0.3 is 5.69 Å². The fourth-order valence-electron chi connectivity index (χ4n) is 3.69. The van der Waals surface area contributed by atoms with Crippen molar-refractivity contribution in [1.29, 1.82) is 0 Å². The molecule has 9 nitrogen and oxygen atoms in total. The highest BCUT2D eigenvalue weighted by atomic mass is 19.1. The molecule has 34 heavy (non-hydrogen) atoms. The average Bonchev–Trinajstić information content (AvgIpc) is 2.79. The predicted molar refractivity (Wildman–Crippen MR) is 126 cm³/mol. The molecule has 0 aliphatic rings. The molecule has 3 rings (SSSR count). The standard InChI is InChI=1S/C24H28FN5O4/c1-4-9-30-21-19(23(33)29-24(30)34)17(11-18(28-21)13(2)3)22(32)27-12-15(20(26)31)10-14-5-7-16(25)8-6-14/h5-8,11,13,15H,4,9-10,12H2,1-3H3,(H2,26,31)(H,27,32)(H,29,33,34). The number of aromatic amines is 1. The first kappa shape index (κ1) is 24.8. The number of halogens is 1. The van der Waals surface area contributed by atoms with Crippen molar-refractivity contribution in [3.05, 3.63) is 73.8 Å². The summed E-state index contributed by atoms with van der Waals surface area (Å²) in [5.41, 5.74) is 5.66. The first-order valence-corrected chi connectivity index (χ1v) is 11.1. The van der Waals surface area contributed by atoms with Gasteiger partial charge in [0, 0.05) is 18.8 Å². The number of nitrogens with two attached hydrogens (primary N) is 1. The number of carbonyl (C=O) groups is 2. The van der Waals surface area contributed by atoms with Crippen LogP contribution >= 0.6 is 0 Å². The van der Waals surface area contributed by atoms with Crippen LogP contribution in [0.15, 0.2) is 39.9 Å². The van der Waals surface area contributed by atoms with Crippen LogP contribution in [0.25, 0.3) is 11.0 Å². The van der Waals surface area contributed by atoms with Crippen molar-refractivity contribution in [2.24, 2.45) is 11.7 Å². The van der Waals surface area contributed by atoms with Crippen molar-refractivity contribution >= 4 is 22.8 Å². The highest BCUT2D eigenvalue weighted by Crippen LogP contribution is 2.20. The van der Waals surface area contributed by atoms with E-state index in [1.807, 2.05) is 20.8 Å². The van der Waals surface area contributed by atoms with E-state index in [9.17, 15) is 23.6 Å². The second-order valence-corrected chi connectivity index (χ2v) is 8.50. The molecule has 2 heterocycles. The van der Waals surface area contributed by atoms with E-state index in [1.54, 1.807) is 12.1 Å². The molecule has 0 fully saturated rings. The Bertz CT molecular complexity index is 1330. The van der Waals surface area contributed by atoms with Crippen LogP contribution in [-0.2, 0) is 17.8 Å². The normalized spacial score (nSPS) is 12.1. The molecule has 1 aromatic carbocycles. The van der Waals surface area contributed by atoms with Gasteiger partial charge < -0.3 is 11.1 Å². The Morgan fingerprint density at radius 3 is 2.47 bits per heavy atom. The SMILES string of the molecule is CCCn1c(=O)[nH]c(=O)c2c(C(=O)NCC(Cc3ccc(F)cc3)C(N)=O)cc(C(C)C)nc21. The number of hydrogen-bond donors (Lipinski definition) is 3. The monoisotopic (exact) mass is 469 g/mol. The van der Waals surface area contributed by atoms with E-state index >= 15 is 0 Å². The molecule has 2 aromatic heterocycles. The van der Waals surface area contributed by atoms with E-state index in [0.29, 0.717) is 24.2 Å². The molecule has 0 aliphatic carbocycles. The zero-order valence-electron chi connectivity index (χ0n) is 19.4. The van der Waals surface area contributed by atoms with E-state index in [-0.39, 0.29) is 35.5 Å². The Balaban J connectivity index is 1.98. The van der Waals surface area contributed by atoms with Gasteiger partial charge in [0.25, 0.3) is 11.5 Å². The smallest absolute Gasteiger partial charge is 0.329 e. The molecule has 1 unspecified atom stereocenters. The van der Waals surface area contributed by atoms with Crippen LogP contribution in [0, 0.1) is 11.7 Å². The summed E-state index contributed by atoms with van der Waals surface area (Å²) in [5.74, 6) is -2.43. The Hall–Kier alpha value is -3.82. The lowest BCUT2D eigenvalue weighted by molar-refractivity contribution is -0.121. The fourth-order valence-corrected chi connectivity index (χ4v) is 3.69. The molecule has 0 radical (unpaired) electrons. The van der Waals surface area contributed by atoms with Gasteiger partial charge in [-0.1, -0.05) is 32.9 Å². The molecule has 0 bridgehead atoms. The number of rotatable bonds is 9. The summed E-state index contributed by atoms with van der Waals surface area (Å²) in [7, 11) is 0. The van der Waals surface area contributed by atoms with Crippen molar-refractivity contribution in [2.45, 2.75) is 46.1 Å². The quantitative estimate of drug-likeness (QED) is 0.439. The number of H-pyrrole nitrogens is 1. The van der Waals surface area contributed by atoms with Crippen molar-refractivity contribution in [3.63, 3.8) is 0 Å². The summed E-state index contributed by atoms with van der Waals surface area (Å²) in [5, 5.41) is 2.69. The number of carbonyl (C=O) groups excluding carboxylic acids is 2. The number of aryl methyl sites for hydroxylation is 1. The van der Waals surface area contributed by atoms with Gasteiger partial charge in [0.05, 0.1) is 16.9 Å². The third kappa shape index (κ3) is 5.38. The van der Waals surface area contributed by atoms with Crippen LogP contribution in [0.1, 0.15) is 54.7 Å². The minimum absolute atomic E-state index is 0.00381. The van der Waals surface area contributed by atoms with Gasteiger partial charge in [-0.15, -0.1) is 0 Å². The summed E-state index contributed by atoms with van der Waals surface area (Å²) >= 11 is 0. The molecular formula is C24H28FN5O4. The Morgan fingerprint density at radius 2 is 1.88 bits per heavy atom. The number of benzene rings is 1. The maximum absolute atomic E-state index is 13.2. The average molecular weight is 470 g/mol. The van der Waals surface area contributed by atoms with Crippen LogP contribution in [-0.4, -0.2) is 32.9 Å². The highest BCUT2D eigenvalue weighted by Gasteiger charge is 2.22. The van der Waals surface area contributed by atoms with Crippen LogP contribution < -0.4 is 22.3 Å². The number of primary amides is 1. The summed E-state index contributed by atoms with van der Waals surface area (Å²) in [6.07, 6.45) is 0.834. The summed E-state index contributed by atoms with van der Waals surface area (Å²) in [4.78, 5) is 57.0. The largest absolute Gasteiger partial charge is 0.369 e. The number of amides is 2.